The summed E-state index contributed by atoms with van der Waals surface area (Å²) >= 11 is 1.57. The molecule has 2 rings (SSSR count). The summed E-state index contributed by atoms with van der Waals surface area (Å²) in [6.07, 6.45) is 4.10. The lowest BCUT2D eigenvalue weighted by Crippen LogP contribution is -2.29. The maximum Gasteiger partial charge on any atom is 0.271 e. The van der Waals surface area contributed by atoms with Gasteiger partial charge < -0.3 is 10.6 Å². The number of amides is 1. The Morgan fingerprint density at radius 1 is 1.58 bits per heavy atom. The van der Waals surface area contributed by atoms with E-state index in [1.807, 2.05) is 5.38 Å². The van der Waals surface area contributed by atoms with E-state index in [0.717, 1.165) is 30.9 Å². The van der Waals surface area contributed by atoms with Gasteiger partial charge >= 0.3 is 0 Å². The predicted octanol–water partition coefficient (Wildman–Crippen LogP) is 1.99. The molecule has 4 nitrogen and oxygen atoms in total. The lowest BCUT2D eigenvalue weighted by atomic mass is 10.1. The minimum atomic E-state index is -0.0642. The zero-order valence-corrected chi connectivity index (χ0v) is 12.3. The Kier molecular flexibility index (Phi) is 5.10. The van der Waals surface area contributed by atoms with Crippen LogP contribution in [-0.4, -0.2) is 30.5 Å². The SMILES string of the molecule is CC(C)Cc1nc(C(=O)NCC2=CCNCC2)cs1. The number of aromatic nitrogens is 1. The molecule has 0 atom stereocenters. The van der Waals surface area contributed by atoms with E-state index in [9.17, 15) is 4.79 Å². The van der Waals surface area contributed by atoms with Gasteiger partial charge in [0, 0.05) is 24.9 Å². The summed E-state index contributed by atoms with van der Waals surface area (Å²) in [5, 5.41) is 9.09. The van der Waals surface area contributed by atoms with Gasteiger partial charge in [-0.3, -0.25) is 4.79 Å². The summed E-state index contributed by atoms with van der Waals surface area (Å²) in [6, 6.07) is 0. The molecule has 1 aromatic rings. The molecule has 0 fully saturated rings. The van der Waals surface area contributed by atoms with Crippen molar-refractivity contribution in [2.45, 2.75) is 26.7 Å². The van der Waals surface area contributed by atoms with E-state index >= 15 is 0 Å². The molecular formula is C14H21N3OS. The second-order valence-corrected chi connectivity index (χ2v) is 6.17. The zero-order chi connectivity index (χ0) is 13.7. The van der Waals surface area contributed by atoms with E-state index in [1.54, 1.807) is 11.3 Å². The molecule has 19 heavy (non-hydrogen) atoms. The molecule has 0 saturated carbocycles. The third-order valence-electron chi connectivity index (χ3n) is 3.00. The molecule has 0 unspecified atom stereocenters. The summed E-state index contributed by atoms with van der Waals surface area (Å²) in [5.74, 6) is 0.507. The van der Waals surface area contributed by atoms with Crippen molar-refractivity contribution in [3.8, 4) is 0 Å². The first-order valence-electron chi connectivity index (χ1n) is 6.76. The number of carbonyl (C=O) groups is 1. The molecule has 2 N–H and O–H groups in total. The van der Waals surface area contributed by atoms with Crippen LogP contribution in [0.4, 0.5) is 0 Å². The number of hydrogen-bond acceptors (Lipinski definition) is 4. The number of nitrogens with one attached hydrogen (secondary N) is 2. The van der Waals surface area contributed by atoms with Gasteiger partial charge in [-0.25, -0.2) is 4.98 Å². The Morgan fingerprint density at radius 2 is 2.42 bits per heavy atom. The van der Waals surface area contributed by atoms with E-state index in [1.165, 1.54) is 5.57 Å². The first-order valence-corrected chi connectivity index (χ1v) is 7.64. The lowest BCUT2D eigenvalue weighted by Gasteiger charge is -2.14. The average molecular weight is 279 g/mol. The van der Waals surface area contributed by atoms with Crippen molar-refractivity contribution >= 4 is 17.2 Å². The van der Waals surface area contributed by atoms with Crippen LogP contribution in [0.1, 0.15) is 35.8 Å². The van der Waals surface area contributed by atoms with Gasteiger partial charge in [-0.15, -0.1) is 11.3 Å². The quantitative estimate of drug-likeness (QED) is 0.811. The van der Waals surface area contributed by atoms with Crippen molar-refractivity contribution in [3.05, 3.63) is 27.7 Å². The Hall–Kier alpha value is -1.20. The minimum Gasteiger partial charge on any atom is -0.347 e. The highest BCUT2D eigenvalue weighted by Gasteiger charge is 2.12. The topological polar surface area (TPSA) is 54.0 Å². The number of nitrogens with zero attached hydrogens (tertiary/aromatic N) is 1. The van der Waals surface area contributed by atoms with Gasteiger partial charge in [0.2, 0.25) is 0 Å². The van der Waals surface area contributed by atoms with Crippen molar-refractivity contribution in [2.24, 2.45) is 5.92 Å². The summed E-state index contributed by atoms with van der Waals surface area (Å²) in [5.41, 5.74) is 1.85. The van der Waals surface area contributed by atoms with Crippen molar-refractivity contribution < 1.29 is 4.79 Å². The van der Waals surface area contributed by atoms with Gasteiger partial charge in [-0.05, 0) is 18.9 Å². The van der Waals surface area contributed by atoms with Crippen LogP contribution in [0.2, 0.25) is 0 Å². The van der Waals surface area contributed by atoms with E-state index in [0.29, 0.717) is 18.2 Å². The molecule has 1 aliphatic heterocycles. The van der Waals surface area contributed by atoms with Crippen LogP contribution in [0, 0.1) is 5.92 Å². The molecule has 2 heterocycles. The lowest BCUT2D eigenvalue weighted by molar-refractivity contribution is 0.0952. The molecule has 1 aliphatic rings. The van der Waals surface area contributed by atoms with Gasteiger partial charge in [0.25, 0.3) is 5.91 Å². The van der Waals surface area contributed by atoms with Crippen LogP contribution in [0.25, 0.3) is 0 Å². The molecule has 0 saturated heterocycles. The second kappa shape index (κ2) is 6.82. The molecule has 0 radical (unpaired) electrons. The molecule has 1 amide bonds. The monoisotopic (exact) mass is 279 g/mol. The highest BCUT2D eigenvalue weighted by atomic mass is 32.1. The highest BCUT2D eigenvalue weighted by Crippen LogP contribution is 2.14. The van der Waals surface area contributed by atoms with Crippen LogP contribution in [-0.2, 0) is 6.42 Å². The molecule has 0 spiro atoms. The summed E-state index contributed by atoms with van der Waals surface area (Å²) < 4.78 is 0. The molecule has 5 heteroatoms. The summed E-state index contributed by atoms with van der Waals surface area (Å²) in [4.78, 5) is 16.4. The van der Waals surface area contributed by atoms with E-state index in [4.69, 9.17) is 0 Å². The van der Waals surface area contributed by atoms with Crippen LogP contribution < -0.4 is 10.6 Å². The van der Waals surface area contributed by atoms with Gasteiger partial charge in [0.15, 0.2) is 0 Å². The van der Waals surface area contributed by atoms with Gasteiger partial charge in [-0.2, -0.15) is 0 Å². The Bertz CT molecular complexity index is 465. The summed E-state index contributed by atoms with van der Waals surface area (Å²) in [7, 11) is 0. The average Bonchev–Trinajstić information content (AvgIpc) is 2.85. The number of carbonyl (C=O) groups excluding carboxylic acids is 1. The molecule has 1 aromatic heterocycles. The second-order valence-electron chi connectivity index (χ2n) is 5.22. The fourth-order valence-corrected chi connectivity index (χ4v) is 2.96. The van der Waals surface area contributed by atoms with Crippen molar-refractivity contribution in [1.29, 1.82) is 0 Å². The van der Waals surface area contributed by atoms with Crippen molar-refractivity contribution in [3.63, 3.8) is 0 Å². The first kappa shape index (κ1) is 14.2. The van der Waals surface area contributed by atoms with Crippen molar-refractivity contribution in [2.75, 3.05) is 19.6 Å². The first-order chi connectivity index (χ1) is 9.15. The maximum absolute atomic E-state index is 12.0. The van der Waals surface area contributed by atoms with E-state index in [-0.39, 0.29) is 5.91 Å². The standard InChI is InChI=1S/C14H21N3OS/c1-10(2)7-13-17-12(9-19-13)14(18)16-8-11-3-5-15-6-4-11/h3,9-10,15H,4-8H2,1-2H3,(H,16,18). The third-order valence-corrected chi connectivity index (χ3v) is 3.87. The Balaban J connectivity index is 1.85. The van der Waals surface area contributed by atoms with Crippen molar-refractivity contribution in [1.82, 2.24) is 15.6 Å². The zero-order valence-electron chi connectivity index (χ0n) is 11.5. The molecule has 0 aromatic carbocycles. The number of hydrogen-bond donors (Lipinski definition) is 2. The molecule has 0 bridgehead atoms. The van der Waals surface area contributed by atoms with E-state index < -0.39 is 0 Å². The van der Waals surface area contributed by atoms with E-state index in [2.05, 4.69) is 35.5 Å². The number of thiazole rings is 1. The van der Waals surface area contributed by atoms with Gasteiger partial charge in [0.1, 0.15) is 5.69 Å². The fraction of sp³-hybridized carbons (Fsp3) is 0.571. The van der Waals surface area contributed by atoms with Crippen LogP contribution in [0.3, 0.4) is 0 Å². The van der Waals surface area contributed by atoms with Gasteiger partial charge in [0.05, 0.1) is 5.01 Å². The Labute approximate surface area is 118 Å². The van der Waals surface area contributed by atoms with Crippen LogP contribution in [0.15, 0.2) is 17.0 Å². The third kappa shape index (κ3) is 4.44. The number of rotatable bonds is 5. The van der Waals surface area contributed by atoms with Gasteiger partial charge in [-0.1, -0.05) is 25.5 Å². The molecule has 104 valence electrons. The molecule has 0 aliphatic carbocycles. The van der Waals surface area contributed by atoms with Crippen LogP contribution >= 0.6 is 11.3 Å². The predicted molar refractivity (Wildman–Crippen MR) is 78.6 cm³/mol. The summed E-state index contributed by atoms with van der Waals surface area (Å²) in [6.45, 7) is 6.85. The Morgan fingerprint density at radius 3 is 3.11 bits per heavy atom. The largest absolute Gasteiger partial charge is 0.347 e. The minimum absolute atomic E-state index is 0.0642. The smallest absolute Gasteiger partial charge is 0.271 e. The highest BCUT2D eigenvalue weighted by molar-refractivity contribution is 7.09. The fourth-order valence-electron chi connectivity index (χ4n) is 1.97. The van der Waals surface area contributed by atoms with Crippen LogP contribution in [0.5, 0.6) is 0 Å². The maximum atomic E-state index is 12.0. The molecular weight excluding hydrogens is 258 g/mol. The normalized spacial score (nSPS) is 15.4.